The number of hydrogen-bond acceptors (Lipinski definition) is 7. The predicted molar refractivity (Wildman–Crippen MR) is 119 cm³/mol. The summed E-state index contributed by atoms with van der Waals surface area (Å²) in [7, 11) is 2.19. The van der Waals surface area contributed by atoms with E-state index in [1.165, 1.54) is 0 Å². The van der Waals surface area contributed by atoms with E-state index in [9.17, 15) is 0 Å². The minimum Gasteiger partial charge on any atom is -0.373 e. The Kier molecular flexibility index (Phi) is 5.57. The van der Waals surface area contributed by atoms with Crippen molar-refractivity contribution in [2.24, 2.45) is 0 Å². The Balaban J connectivity index is 1.42. The Morgan fingerprint density at radius 3 is 2.70 bits per heavy atom. The molecule has 1 atom stereocenters. The molecule has 2 aromatic heterocycles. The second kappa shape index (κ2) is 8.63. The first-order chi connectivity index (χ1) is 14.8. The van der Waals surface area contributed by atoms with Gasteiger partial charge in [-0.3, -0.25) is 9.88 Å². The summed E-state index contributed by atoms with van der Waals surface area (Å²) in [5, 5.41) is 1.09. The van der Waals surface area contributed by atoms with Crippen LogP contribution in [0.25, 0.3) is 22.3 Å². The number of nitrogens with zero attached hydrogens (tertiary/aromatic N) is 6. The van der Waals surface area contributed by atoms with Crippen molar-refractivity contribution in [3.8, 4) is 11.4 Å². The highest BCUT2D eigenvalue weighted by atomic mass is 16.5. The molecule has 5 rings (SSSR count). The van der Waals surface area contributed by atoms with Crippen LogP contribution in [0.1, 0.15) is 0 Å². The molecule has 7 nitrogen and oxygen atoms in total. The average Bonchev–Trinajstić information content (AvgIpc) is 2.81. The molecule has 4 heterocycles. The zero-order chi connectivity index (χ0) is 20.3. The molecule has 0 bridgehead atoms. The van der Waals surface area contributed by atoms with Gasteiger partial charge in [0.2, 0.25) is 0 Å². The van der Waals surface area contributed by atoms with Crippen molar-refractivity contribution in [3.63, 3.8) is 0 Å². The lowest BCUT2D eigenvalue weighted by molar-refractivity contribution is 0.00669. The second-order valence-electron chi connectivity index (χ2n) is 8.17. The van der Waals surface area contributed by atoms with Crippen LogP contribution in [-0.2, 0) is 4.74 Å². The van der Waals surface area contributed by atoms with Crippen molar-refractivity contribution in [2.75, 3.05) is 64.4 Å². The summed E-state index contributed by atoms with van der Waals surface area (Å²) in [6.07, 6.45) is 3.79. The number of para-hydroxylation sites is 1. The van der Waals surface area contributed by atoms with Crippen LogP contribution in [0.2, 0.25) is 0 Å². The molecule has 7 heteroatoms. The van der Waals surface area contributed by atoms with Gasteiger partial charge in [-0.15, -0.1) is 0 Å². The topological polar surface area (TPSA) is 57.6 Å². The molecule has 0 aliphatic carbocycles. The molecule has 0 spiro atoms. The Labute approximate surface area is 177 Å². The zero-order valence-electron chi connectivity index (χ0n) is 17.4. The van der Waals surface area contributed by atoms with Crippen LogP contribution in [0.5, 0.6) is 0 Å². The Morgan fingerprint density at radius 1 is 1.00 bits per heavy atom. The third-order valence-corrected chi connectivity index (χ3v) is 6.00. The van der Waals surface area contributed by atoms with Gasteiger partial charge in [-0.05, 0) is 31.3 Å². The molecule has 0 saturated carbocycles. The molecular formula is C23H28N6O. The van der Waals surface area contributed by atoms with Crippen molar-refractivity contribution >= 4 is 16.7 Å². The van der Waals surface area contributed by atoms with E-state index in [1.54, 1.807) is 6.20 Å². The molecule has 2 aliphatic heterocycles. The number of morpholine rings is 1. The van der Waals surface area contributed by atoms with E-state index in [0.717, 1.165) is 80.5 Å². The standard InChI is InChI=1S/C23H28N6O/c1-27-9-11-28(12-10-27)16-19-17-29(13-14-30-19)23-20-6-2-3-7-21(20)25-22(26-23)18-5-4-8-24-15-18/h2-8,15,19H,9-14,16-17H2,1H3/t19-/m0/s1. The van der Waals surface area contributed by atoms with E-state index in [-0.39, 0.29) is 6.10 Å². The van der Waals surface area contributed by atoms with Gasteiger partial charge in [-0.25, -0.2) is 9.97 Å². The van der Waals surface area contributed by atoms with Gasteiger partial charge >= 0.3 is 0 Å². The van der Waals surface area contributed by atoms with Crippen molar-refractivity contribution in [2.45, 2.75) is 6.10 Å². The summed E-state index contributed by atoms with van der Waals surface area (Å²) in [5.41, 5.74) is 1.90. The van der Waals surface area contributed by atoms with Crippen molar-refractivity contribution < 1.29 is 4.74 Å². The molecule has 0 N–H and O–H groups in total. The molecule has 2 saturated heterocycles. The molecule has 0 amide bonds. The molecule has 156 valence electrons. The fourth-order valence-electron chi connectivity index (χ4n) is 4.27. The molecule has 0 unspecified atom stereocenters. The first-order valence-corrected chi connectivity index (χ1v) is 10.7. The number of ether oxygens (including phenoxy) is 1. The maximum absolute atomic E-state index is 6.14. The van der Waals surface area contributed by atoms with Gasteiger partial charge < -0.3 is 14.5 Å². The number of benzene rings is 1. The predicted octanol–water partition coefficient (Wildman–Crippen LogP) is 2.14. The molecule has 2 aliphatic rings. The maximum Gasteiger partial charge on any atom is 0.163 e. The van der Waals surface area contributed by atoms with Crippen molar-refractivity contribution in [1.29, 1.82) is 0 Å². The van der Waals surface area contributed by atoms with Gasteiger partial charge in [-0.2, -0.15) is 0 Å². The monoisotopic (exact) mass is 404 g/mol. The summed E-state index contributed by atoms with van der Waals surface area (Å²) >= 11 is 0. The summed E-state index contributed by atoms with van der Waals surface area (Å²) in [6.45, 7) is 7.85. The SMILES string of the molecule is CN1CCN(C[C@H]2CN(c3nc(-c4cccnc4)nc4ccccc34)CCO2)CC1. The fourth-order valence-corrected chi connectivity index (χ4v) is 4.27. The molecular weight excluding hydrogens is 376 g/mol. The lowest BCUT2D eigenvalue weighted by Crippen LogP contribution is -2.52. The van der Waals surface area contributed by atoms with Crippen LogP contribution in [0.15, 0.2) is 48.8 Å². The normalized spacial score (nSPS) is 21.2. The number of pyridine rings is 1. The van der Waals surface area contributed by atoms with Gasteiger partial charge in [-0.1, -0.05) is 12.1 Å². The van der Waals surface area contributed by atoms with Crippen LogP contribution in [0.4, 0.5) is 5.82 Å². The maximum atomic E-state index is 6.14. The fraction of sp³-hybridized carbons (Fsp3) is 0.435. The first-order valence-electron chi connectivity index (χ1n) is 10.7. The zero-order valence-corrected chi connectivity index (χ0v) is 17.4. The molecule has 30 heavy (non-hydrogen) atoms. The summed E-state index contributed by atoms with van der Waals surface area (Å²) in [6, 6.07) is 12.2. The minimum absolute atomic E-state index is 0.192. The number of aromatic nitrogens is 3. The Hall–Kier alpha value is -2.61. The van der Waals surface area contributed by atoms with Crippen LogP contribution in [0, 0.1) is 0 Å². The number of rotatable bonds is 4. The van der Waals surface area contributed by atoms with E-state index < -0.39 is 0 Å². The van der Waals surface area contributed by atoms with Gasteiger partial charge in [0.1, 0.15) is 5.82 Å². The highest BCUT2D eigenvalue weighted by Gasteiger charge is 2.26. The summed E-state index contributed by atoms with van der Waals surface area (Å²) in [4.78, 5) is 21.3. The van der Waals surface area contributed by atoms with E-state index in [4.69, 9.17) is 14.7 Å². The van der Waals surface area contributed by atoms with E-state index >= 15 is 0 Å². The van der Waals surface area contributed by atoms with E-state index in [2.05, 4.69) is 44.9 Å². The minimum atomic E-state index is 0.192. The van der Waals surface area contributed by atoms with Crippen LogP contribution >= 0.6 is 0 Å². The number of anilines is 1. The molecule has 1 aromatic carbocycles. The smallest absolute Gasteiger partial charge is 0.163 e. The van der Waals surface area contributed by atoms with Crippen LogP contribution < -0.4 is 4.90 Å². The van der Waals surface area contributed by atoms with Gasteiger partial charge in [0.25, 0.3) is 0 Å². The van der Waals surface area contributed by atoms with Gasteiger partial charge in [0.15, 0.2) is 5.82 Å². The first kappa shape index (κ1) is 19.4. The average molecular weight is 405 g/mol. The van der Waals surface area contributed by atoms with Crippen molar-refractivity contribution in [1.82, 2.24) is 24.8 Å². The lowest BCUT2D eigenvalue weighted by Gasteiger charge is -2.39. The lowest BCUT2D eigenvalue weighted by atomic mass is 10.1. The third kappa shape index (κ3) is 4.14. The largest absolute Gasteiger partial charge is 0.373 e. The summed E-state index contributed by atoms with van der Waals surface area (Å²) in [5.74, 6) is 1.71. The second-order valence-corrected chi connectivity index (χ2v) is 8.17. The third-order valence-electron chi connectivity index (χ3n) is 6.00. The van der Waals surface area contributed by atoms with Crippen molar-refractivity contribution in [3.05, 3.63) is 48.8 Å². The molecule has 2 fully saturated rings. The molecule has 3 aromatic rings. The van der Waals surface area contributed by atoms with Crippen LogP contribution in [0.3, 0.4) is 0 Å². The number of hydrogen-bond donors (Lipinski definition) is 0. The Morgan fingerprint density at radius 2 is 1.87 bits per heavy atom. The van der Waals surface area contributed by atoms with Gasteiger partial charge in [0.05, 0.1) is 18.2 Å². The van der Waals surface area contributed by atoms with E-state index in [1.807, 2.05) is 24.4 Å². The van der Waals surface area contributed by atoms with Gasteiger partial charge in [0, 0.05) is 69.2 Å². The highest BCUT2D eigenvalue weighted by Crippen LogP contribution is 2.28. The quantitative estimate of drug-likeness (QED) is 0.660. The van der Waals surface area contributed by atoms with E-state index in [0.29, 0.717) is 0 Å². The number of likely N-dealkylation sites (N-methyl/N-ethyl adjacent to an activating group) is 1. The number of piperazine rings is 1. The summed E-state index contributed by atoms with van der Waals surface area (Å²) < 4.78 is 6.14. The molecule has 0 radical (unpaired) electrons. The highest BCUT2D eigenvalue weighted by molar-refractivity contribution is 5.91. The number of fused-ring (bicyclic) bond motifs is 1. The Bertz CT molecular complexity index is 989. The van der Waals surface area contributed by atoms with Crippen LogP contribution in [-0.4, -0.2) is 90.3 Å².